The Labute approximate surface area is 116 Å². The van der Waals surface area contributed by atoms with Crippen molar-refractivity contribution in [2.45, 2.75) is 12.3 Å². The number of hydrogen-bond donors (Lipinski definition) is 0. The van der Waals surface area contributed by atoms with E-state index < -0.39 is 23.8 Å². The number of rotatable bonds is 5. The lowest BCUT2D eigenvalue weighted by molar-refractivity contribution is -0.154. The molecular formula is C14H16O6. The molecular weight excluding hydrogens is 264 g/mol. The lowest BCUT2D eigenvalue weighted by Crippen LogP contribution is -2.24. The van der Waals surface area contributed by atoms with Crippen molar-refractivity contribution >= 4 is 17.9 Å². The maximum Gasteiger partial charge on any atom is 0.324 e. The fraction of sp³-hybridized carbons (Fsp3) is 0.357. The van der Waals surface area contributed by atoms with Gasteiger partial charge < -0.3 is 14.2 Å². The number of esters is 3. The minimum absolute atomic E-state index is 0.0550. The van der Waals surface area contributed by atoms with E-state index in [1.807, 2.05) is 0 Å². The van der Waals surface area contributed by atoms with Gasteiger partial charge in [-0.2, -0.15) is 0 Å². The average Bonchev–Trinajstić information content (AvgIpc) is 2.47. The van der Waals surface area contributed by atoms with Gasteiger partial charge in [-0.15, -0.1) is 0 Å². The van der Waals surface area contributed by atoms with Crippen LogP contribution in [-0.4, -0.2) is 39.2 Å². The highest BCUT2D eigenvalue weighted by Crippen LogP contribution is 2.20. The van der Waals surface area contributed by atoms with Crippen molar-refractivity contribution in [3.05, 3.63) is 35.4 Å². The van der Waals surface area contributed by atoms with Crippen molar-refractivity contribution in [3.8, 4) is 0 Å². The van der Waals surface area contributed by atoms with Crippen molar-refractivity contribution < 1.29 is 28.6 Å². The topological polar surface area (TPSA) is 78.9 Å². The lowest BCUT2D eigenvalue weighted by Gasteiger charge is -2.13. The molecule has 6 heteroatoms. The van der Waals surface area contributed by atoms with Crippen LogP contribution in [0.15, 0.2) is 24.3 Å². The highest BCUT2D eigenvalue weighted by atomic mass is 16.5. The minimum atomic E-state index is -1.16. The van der Waals surface area contributed by atoms with E-state index in [2.05, 4.69) is 14.2 Å². The summed E-state index contributed by atoms with van der Waals surface area (Å²) in [6.45, 7) is 0. The summed E-state index contributed by atoms with van der Waals surface area (Å²) in [5.41, 5.74) is 1.04. The van der Waals surface area contributed by atoms with Gasteiger partial charge in [0.15, 0.2) is 5.92 Å². The molecule has 1 aromatic carbocycles. The van der Waals surface area contributed by atoms with Gasteiger partial charge in [-0.05, 0) is 11.1 Å². The Morgan fingerprint density at radius 2 is 1.60 bits per heavy atom. The van der Waals surface area contributed by atoms with Gasteiger partial charge >= 0.3 is 17.9 Å². The zero-order valence-corrected chi connectivity index (χ0v) is 11.5. The fourth-order valence-corrected chi connectivity index (χ4v) is 1.73. The summed E-state index contributed by atoms with van der Waals surface area (Å²) in [5.74, 6) is -3.00. The molecule has 0 fully saturated rings. The Balaban J connectivity index is 3.08. The Kier molecular flexibility index (Phi) is 5.71. The Hall–Kier alpha value is -2.37. The molecule has 0 aliphatic carbocycles. The maximum absolute atomic E-state index is 11.7. The molecule has 1 rings (SSSR count). The van der Waals surface area contributed by atoms with E-state index in [0.717, 1.165) is 0 Å². The number of methoxy groups -OCH3 is 3. The molecule has 6 nitrogen and oxygen atoms in total. The van der Waals surface area contributed by atoms with Gasteiger partial charge in [0.05, 0.1) is 27.8 Å². The second-order valence-electron chi connectivity index (χ2n) is 3.98. The Morgan fingerprint density at radius 3 is 2.10 bits per heavy atom. The summed E-state index contributed by atoms with van der Waals surface area (Å²) in [6.07, 6.45) is 0.0550. The van der Waals surface area contributed by atoms with E-state index in [1.54, 1.807) is 24.3 Å². The van der Waals surface area contributed by atoms with E-state index in [1.165, 1.54) is 21.3 Å². The van der Waals surface area contributed by atoms with E-state index in [4.69, 9.17) is 0 Å². The van der Waals surface area contributed by atoms with Crippen LogP contribution in [0.2, 0.25) is 0 Å². The molecule has 0 amide bonds. The molecule has 0 aliphatic rings. The first-order chi connectivity index (χ1) is 9.53. The molecule has 0 saturated heterocycles. The first-order valence-electron chi connectivity index (χ1n) is 5.84. The molecule has 0 unspecified atom stereocenters. The van der Waals surface area contributed by atoms with E-state index in [9.17, 15) is 14.4 Å². The molecule has 108 valence electrons. The second-order valence-corrected chi connectivity index (χ2v) is 3.98. The number of ether oxygens (including phenoxy) is 3. The van der Waals surface area contributed by atoms with Crippen LogP contribution >= 0.6 is 0 Å². The van der Waals surface area contributed by atoms with Crippen LogP contribution in [0.3, 0.4) is 0 Å². The molecule has 0 N–H and O–H groups in total. The van der Waals surface area contributed by atoms with Gasteiger partial charge in [-0.25, -0.2) is 0 Å². The number of benzene rings is 1. The zero-order chi connectivity index (χ0) is 15.1. The monoisotopic (exact) mass is 280 g/mol. The van der Waals surface area contributed by atoms with Crippen LogP contribution in [0.25, 0.3) is 0 Å². The molecule has 1 aromatic rings. The predicted octanol–water partition coefficient (Wildman–Crippen LogP) is 0.832. The fourth-order valence-electron chi connectivity index (χ4n) is 1.73. The van der Waals surface area contributed by atoms with Gasteiger partial charge in [0.1, 0.15) is 0 Å². The third kappa shape index (κ3) is 3.81. The maximum atomic E-state index is 11.7. The molecule has 0 aliphatic heterocycles. The summed E-state index contributed by atoms with van der Waals surface area (Å²) in [5, 5.41) is 0. The van der Waals surface area contributed by atoms with Crippen LogP contribution in [0, 0.1) is 0 Å². The van der Waals surface area contributed by atoms with E-state index >= 15 is 0 Å². The largest absolute Gasteiger partial charge is 0.469 e. The summed E-state index contributed by atoms with van der Waals surface area (Å²) >= 11 is 0. The van der Waals surface area contributed by atoms with Crippen LogP contribution in [0.4, 0.5) is 0 Å². The first kappa shape index (κ1) is 15.7. The molecule has 20 heavy (non-hydrogen) atoms. The van der Waals surface area contributed by atoms with E-state index in [0.29, 0.717) is 11.1 Å². The standard InChI is InChI=1S/C14H16O6/c1-18-11(15)8-9-5-4-6-10(7-9)12(13(16)19-2)14(17)20-3/h4-7,12H,8H2,1-3H3. The summed E-state index contributed by atoms with van der Waals surface area (Å²) in [6, 6.07) is 6.52. The molecule has 0 aromatic heterocycles. The third-order valence-electron chi connectivity index (χ3n) is 2.73. The molecule has 0 bridgehead atoms. The van der Waals surface area contributed by atoms with Gasteiger partial charge in [-0.1, -0.05) is 24.3 Å². The van der Waals surface area contributed by atoms with E-state index in [-0.39, 0.29) is 6.42 Å². The van der Waals surface area contributed by atoms with Gasteiger partial charge in [-0.3, -0.25) is 14.4 Å². The van der Waals surface area contributed by atoms with Gasteiger partial charge in [0.2, 0.25) is 0 Å². The van der Waals surface area contributed by atoms with Crippen molar-refractivity contribution in [2.24, 2.45) is 0 Å². The molecule has 0 spiro atoms. The lowest BCUT2D eigenvalue weighted by atomic mass is 9.96. The first-order valence-corrected chi connectivity index (χ1v) is 5.84. The van der Waals surface area contributed by atoms with Gasteiger partial charge in [0, 0.05) is 0 Å². The SMILES string of the molecule is COC(=O)Cc1cccc(C(C(=O)OC)C(=O)OC)c1. The molecule has 0 saturated carbocycles. The minimum Gasteiger partial charge on any atom is -0.469 e. The quantitative estimate of drug-likeness (QED) is 0.451. The highest BCUT2D eigenvalue weighted by Gasteiger charge is 2.30. The zero-order valence-electron chi connectivity index (χ0n) is 11.5. The second kappa shape index (κ2) is 7.28. The number of hydrogen-bond acceptors (Lipinski definition) is 6. The molecule has 0 radical (unpaired) electrons. The van der Waals surface area contributed by atoms with Gasteiger partial charge in [0.25, 0.3) is 0 Å². The average molecular weight is 280 g/mol. The van der Waals surface area contributed by atoms with Crippen molar-refractivity contribution in [2.75, 3.05) is 21.3 Å². The smallest absolute Gasteiger partial charge is 0.324 e. The third-order valence-corrected chi connectivity index (χ3v) is 2.73. The normalized spacial score (nSPS) is 10.0. The number of carbonyl (C=O) groups is 3. The Bertz CT molecular complexity index is 492. The van der Waals surface area contributed by atoms with Crippen molar-refractivity contribution in [1.29, 1.82) is 0 Å². The molecule has 0 atom stereocenters. The Morgan fingerprint density at radius 1 is 1.00 bits per heavy atom. The predicted molar refractivity (Wildman–Crippen MR) is 68.9 cm³/mol. The number of carbonyl (C=O) groups excluding carboxylic acids is 3. The van der Waals surface area contributed by atoms with Crippen LogP contribution in [-0.2, 0) is 35.0 Å². The van der Waals surface area contributed by atoms with Crippen molar-refractivity contribution in [1.82, 2.24) is 0 Å². The summed E-state index contributed by atoms with van der Waals surface area (Å²) in [7, 11) is 3.67. The summed E-state index contributed by atoms with van der Waals surface area (Å²) in [4.78, 5) is 34.6. The highest BCUT2D eigenvalue weighted by molar-refractivity contribution is 6.00. The van der Waals surface area contributed by atoms with Crippen LogP contribution < -0.4 is 0 Å². The van der Waals surface area contributed by atoms with Crippen molar-refractivity contribution in [3.63, 3.8) is 0 Å². The van der Waals surface area contributed by atoms with Crippen LogP contribution in [0.5, 0.6) is 0 Å². The van der Waals surface area contributed by atoms with Crippen LogP contribution in [0.1, 0.15) is 17.0 Å². The molecule has 0 heterocycles. The summed E-state index contributed by atoms with van der Waals surface area (Å²) < 4.78 is 13.8.